The van der Waals surface area contributed by atoms with Crippen molar-refractivity contribution in [3.63, 3.8) is 0 Å². The molecule has 0 amide bonds. The average Bonchev–Trinajstić information content (AvgIpc) is 2.35. The zero-order valence-corrected chi connectivity index (χ0v) is 12.2. The molecule has 0 fully saturated rings. The van der Waals surface area contributed by atoms with Gasteiger partial charge in [0, 0.05) is 12.5 Å². The van der Waals surface area contributed by atoms with Crippen molar-refractivity contribution < 1.29 is 42.5 Å². The number of ether oxygens (including phenoxy) is 2. The molecule has 0 radical (unpaired) electrons. The summed E-state index contributed by atoms with van der Waals surface area (Å²) in [5.41, 5.74) is 0. The molecule has 0 unspecified atom stereocenters. The van der Waals surface area contributed by atoms with Gasteiger partial charge in [-0.25, -0.2) is 12.2 Å². The van der Waals surface area contributed by atoms with Gasteiger partial charge in [0.15, 0.2) is 0 Å². The summed E-state index contributed by atoms with van der Waals surface area (Å²) in [6.45, 7) is 3.25. The molecule has 0 spiro atoms. The van der Waals surface area contributed by atoms with Crippen LogP contribution in [0.15, 0.2) is 49.0 Å². The minimum absolute atomic E-state index is 0. The summed E-state index contributed by atoms with van der Waals surface area (Å²) in [6.07, 6.45) is 14.4. The molecule has 2 rings (SSSR count). The molecule has 0 aromatic heterocycles. The Morgan fingerprint density at radius 2 is 1.19 bits per heavy atom. The molecule has 94 valence electrons. The molecule has 0 N–H and O–H groups in total. The van der Waals surface area contributed by atoms with Gasteiger partial charge >= 0.3 is 52.1 Å². The van der Waals surface area contributed by atoms with Crippen LogP contribution in [0.4, 0.5) is 0 Å². The van der Waals surface area contributed by atoms with Gasteiger partial charge in [-0.3, -0.25) is 0 Å². The fraction of sp³-hybridized carbons (Fsp3) is 0. The number of allylic oxidation sites excluding steroid dienone is 4. The van der Waals surface area contributed by atoms with E-state index in [0.29, 0.717) is 0 Å². The molecule has 0 bridgehead atoms. The van der Waals surface area contributed by atoms with Gasteiger partial charge in [-0.2, -0.15) is 12.2 Å². The van der Waals surface area contributed by atoms with E-state index in [4.69, 9.17) is 19.1 Å². The molecule has 0 atom stereocenters. The van der Waals surface area contributed by atoms with Crippen LogP contribution >= 0.6 is 19.1 Å². The molecule has 2 aliphatic heterocycles. The van der Waals surface area contributed by atoms with Crippen LogP contribution in [-0.2, 0) is 42.5 Å². The van der Waals surface area contributed by atoms with E-state index in [0.717, 1.165) is 0 Å². The van der Waals surface area contributed by atoms with E-state index in [1.54, 1.807) is 25.7 Å². The molecule has 0 aromatic rings. The smallest absolute Gasteiger partial charge is 2.00 e. The topological polar surface area (TPSA) is 18.5 Å². The monoisotopic (exact) mass is 394 g/mol. The first-order chi connectivity index (χ1) is 7.41. The molecule has 2 heterocycles. The molecule has 0 saturated carbocycles. The maximum Gasteiger partial charge on any atom is 2.00 e. The minimum Gasteiger partial charge on any atom is 2.00 e. The van der Waals surface area contributed by atoms with Crippen molar-refractivity contribution in [2.75, 3.05) is 0 Å². The van der Waals surface area contributed by atoms with Crippen LogP contribution in [0, 0.1) is 13.2 Å². The third kappa shape index (κ3) is 16.5. The summed E-state index contributed by atoms with van der Waals surface area (Å²) in [7, 11) is 9.63. The van der Waals surface area contributed by atoms with Gasteiger partial charge in [0.1, 0.15) is 0 Å². The standard InChI is InChI=1S/2C5H5O.2ClH.Fe.Pd/c2*1-2-4-6-5-3-1;;;;/h2*1-5H;2*1H;;/q2*-1;;;2*+2/p-2. The fourth-order valence-electron chi connectivity index (χ4n) is 0.582. The Labute approximate surface area is 123 Å². The van der Waals surface area contributed by atoms with Crippen molar-refractivity contribution in [2.45, 2.75) is 0 Å². The van der Waals surface area contributed by atoms with Crippen LogP contribution in [0.5, 0.6) is 0 Å². The third-order valence-corrected chi connectivity index (χ3v) is 1.07. The first kappa shape index (κ1) is 18.4. The van der Waals surface area contributed by atoms with Crippen molar-refractivity contribution in [3.05, 3.63) is 62.2 Å². The quantitative estimate of drug-likeness (QED) is 0.458. The first-order valence-corrected chi connectivity index (χ1v) is 7.85. The Bertz CT molecular complexity index is 195. The van der Waals surface area contributed by atoms with Crippen LogP contribution in [-0.4, -0.2) is 0 Å². The van der Waals surface area contributed by atoms with Crippen molar-refractivity contribution in [1.82, 2.24) is 0 Å². The Balaban J connectivity index is 0. The summed E-state index contributed by atoms with van der Waals surface area (Å²) >= 11 is -0.106. The zero-order chi connectivity index (χ0) is 11.2. The van der Waals surface area contributed by atoms with E-state index in [2.05, 4.69) is 9.47 Å². The van der Waals surface area contributed by atoms with E-state index in [9.17, 15) is 0 Å². The average molecular weight is 395 g/mol. The van der Waals surface area contributed by atoms with Crippen LogP contribution in [0.25, 0.3) is 0 Å². The molecule has 6 heteroatoms. The zero-order valence-electron chi connectivity index (χ0n) is 8.02. The predicted octanol–water partition coefficient (Wildman–Crippen LogP) is 3.87. The largest absolute Gasteiger partial charge is 2.00 e. The van der Waals surface area contributed by atoms with Gasteiger partial charge in [0.05, 0.1) is 0 Å². The number of hydrogen-bond donors (Lipinski definition) is 0. The molecular formula is C10H10Cl2FeO2Pd. The van der Waals surface area contributed by atoms with Crippen LogP contribution in [0.3, 0.4) is 0 Å². The molecule has 0 aliphatic carbocycles. The molecule has 0 saturated heterocycles. The van der Waals surface area contributed by atoms with Crippen LogP contribution < -0.4 is 0 Å². The van der Waals surface area contributed by atoms with E-state index in [1.807, 2.05) is 36.5 Å². The Morgan fingerprint density at radius 3 is 1.25 bits per heavy atom. The summed E-state index contributed by atoms with van der Waals surface area (Å²) < 4.78 is 9.35. The predicted molar refractivity (Wildman–Crippen MR) is 59.0 cm³/mol. The van der Waals surface area contributed by atoms with Gasteiger partial charge in [-0.1, -0.05) is 13.2 Å². The number of halogens is 2. The van der Waals surface area contributed by atoms with E-state index in [1.165, 1.54) is 0 Å². The number of rotatable bonds is 0. The van der Waals surface area contributed by atoms with Crippen molar-refractivity contribution in [3.8, 4) is 0 Å². The molecule has 2 aliphatic rings. The van der Waals surface area contributed by atoms with Crippen molar-refractivity contribution >= 4 is 19.1 Å². The molecule has 16 heavy (non-hydrogen) atoms. The Kier molecular flexibility index (Phi) is 20.1. The Hall–Kier alpha value is 0.0618. The normalized spacial score (nSPS) is 13.4. The minimum atomic E-state index is -0.106. The van der Waals surface area contributed by atoms with Gasteiger partial charge in [-0.05, 0) is 0 Å². The molecule has 2 nitrogen and oxygen atoms in total. The summed E-state index contributed by atoms with van der Waals surface area (Å²) in [6, 6.07) is 0. The second-order valence-electron chi connectivity index (χ2n) is 2.02. The van der Waals surface area contributed by atoms with Gasteiger partial charge in [0.25, 0.3) is 0 Å². The van der Waals surface area contributed by atoms with E-state index in [-0.39, 0.29) is 33.0 Å². The Morgan fingerprint density at radius 1 is 0.812 bits per heavy atom. The second kappa shape index (κ2) is 17.5. The van der Waals surface area contributed by atoms with Gasteiger partial charge in [0.2, 0.25) is 0 Å². The van der Waals surface area contributed by atoms with Gasteiger partial charge < -0.3 is 9.47 Å². The van der Waals surface area contributed by atoms with Crippen LogP contribution in [0.2, 0.25) is 0 Å². The van der Waals surface area contributed by atoms with E-state index < -0.39 is 0 Å². The SMILES string of the molecule is C1=C[CH-]OC=C1.C1=C[CH-]OC=C1.[Cl][Pd][Cl].[Fe+2]. The molecule has 0 aromatic carbocycles. The summed E-state index contributed by atoms with van der Waals surface area (Å²) in [5, 5.41) is 0. The summed E-state index contributed by atoms with van der Waals surface area (Å²) in [5.74, 6) is 0. The third-order valence-electron chi connectivity index (χ3n) is 1.07. The van der Waals surface area contributed by atoms with E-state index >= 15 is 0 Å². The fourth-order valence-corrected chi connectivity index (χ4v) is 0.582. The maximum absolute atomic E-state index is 4.81. The second-order valence-corrected chi connectivity index (χ2v) is 4.38. The molecular weight excluding hydrogens is 385 g/mol. The van der Waals surface area contributed by atoms with Crippen LogP contribution in [0.1, 0.15) is 0 Å². The first-order valence-electron chi connectivity index (χ1n) is 3.85. The van der Waals surface area contributed by atoms with Gasteiger partial charge in [-0.15, -0.1) is 12.2 Å². The summed E-state index contributed by atoms with van der Waals surface area (Å²) in [4.78, 5) is 0. The maximum atomic E-state index is 4.81. The van der Waals surface area contributed by atoms with Crippen molar-refractivity contribution in [2.24, 2.45) is 0 Å². The number of hydrogen-bond acceptors (Lipinski definition) is 2. The van der Waals surface area contributed by atoms with Crippen molar-refractivity contribution in [1.29, 1.82) is 0 Å².